The summed E-state index contributed by atoms with van der Waals surface area (Å²) in [5, 5.41) is 0. The van der Waals surface area contributed by atoms with Crippen LogP contribution in [0.5, 0.6) is 0 Å². The molecule has 4 nitrogen and oxygen atoms in total. The van der Waals surface area contributed by atoms with Crippen molar-refractivity contribution in [2.45, 2.75) is 26.4 Å². The Morgan fingerprint density at radius 1 is 1.48 bits per heavy atom. The average molecular weight is 294 g/mol. The molecule has 21 heavy (non-hydrogen) atoms. The predicted molar refractivity (Wildman–Crippen MR) is 79.1 cm³/mol. The van der Waals surface area contributed by atoms with E-state index in [1.807, 2.05) is 18.7 Å². The summed E-state index contributed by atoms with van der Waals surface area (Å²) in [5.41, 5.74) is 6.13. The molecule has 1 aromatic carbocycles. The van der Waals surface area contributed by atoms with Gasteiger partial charge >= 0.3 is 0 Å². The highest BCUT2D eigenvalue weighted by Crippen LogP contribution is 2.28. The van der Waals surface area contributed by atoms with Crippen molar-refractivity contribution in [1.82, 2.24) is 4.90 Å². The molecule has 1 aromatic rings. The molecule has 1 saturated heterocycles. The number of rotatable bonds is 4. The lowest BCUT2D eigenvalue weighted by molar-refractivity contribution is -0.148. The zero-order chi connectivity index (χ0) is 15.5. The minimum absolute atomic E-state index is 0.0721. The minimum Gasteiger partial charge on any atom is -0.370 e. The average Bonchev–Trinajstić information content (AvgIpc) is 2.54. The van der Waals surface area contributed by atoms with Crippen LogP contribution in [0.1, 0.15) is 31.9 Å². The second-order valence-corrected chi connectivity index (χ2v) is 5.78. The molecule has 2 unspecified atom stereocenters. The lowest BCUT2D eigenvalue weighted by Crippen LogP contribution is -2.50. The first-order chi connectivity index (χ1) is 10.00. The van der Waals surface area contributed by atoms with Gasteiger partial charge in [-0.05, 0) is 31.0 Å². The second kappa shape index (κ2) is 6.54. The number of carbonyl (C=O) groups is 1. The van der Waals surface area contributed by atoms with Crippen molar-refractivity contribution in [2.75, 3.05) is 26.2 Å². The maximum atomic E-state index is 13.0. The number of carbonyl (C=O) groups excluding carboxylic acids is 1. The summed E-state index contributed by atoms with van der Waals surface area (Å²) < 4.78 is 18.7. The monoisotopic (exact) mass is 294 g/mol. The summed E-state index contributed by atoms with van der Waals surface area (Å²) in [5.74, 6) is -0.202. The standard InChI is InChI=1S/C16H23FN2O2/c1-3-16(2,11-18)15(20)19-8-9-21-14(10-19)12-4-6-13(17)7-5-12/h4-7,14H,3,8-11,18H2,1-2H3. The number of ether oxygens (including phenoxy) is 1. The Labute approximate surface area is 125 Å². The van der Waals surface area contributed by atoms with Gasteiger partial charge in [0, 0.05) is 13.1 Å². The molecule has 0 aromatic heterocycles. The lowest BCUT2D eigenvalue weighted by Gasteiger charge is -2.38. The molecule has 2 N–H and O–H groups in total. The number of halogens is 1. The molecule has 1 fully saturated rings. The van der Waals surface area contributed by atoms with E-state index in [-0.39, 0.29) is 17.8 Å². The Morgan fingerprint density at radius 3 is 2.71 bits per heavy atom. The van der Waals surface area contributed by atoms with E-state index in [4.69, 9.17) is 10.5 Å². The molecule has 116 valence electrons. The van der Waals surface area contributed by atoms with Gasteiger partial charge in [0.15, 0.2) is 0 Å². The molecular weight excluding hydrogens is 271 g/mol. The van der Waals surface area contributed by atoms with E-state index in [9.17, 15) is 9.18 Å². The highest BCUT2D eigenvalue weighted by atomic mass is 19.1. The SMILES string of the molecule is CCC(C)(CN)C(=O)N1CCOC(c2ccc(F)cc2)C1. The molecule has 1 aliphatic heterocycles. The smallest absolute Gasteiger partial charge is 0.229 e. The molecule has 5 heteroatoms. The molecule has 0 radical (unpaired) electrons. The topological polar surface area (TPSA) is 55.6 Å². The van der Waals surface area contributed by atoms with Crippen molar-refractivity contribution in [3.8, 4) is 0 Å². The Balaban J connectivity index is 2.10. The Bertz CT molecular complexity index is 486. The Hall–Kier alpha value is -1.46. The van der Waals surface area contributed by atoms with Crippen LogP contribution < -0.4 is 5.73 Å². The zero-order valence-electron chi connectivity index (χ0n) is 12.6. The van der Waals surface area contributed by atoms with E-state index in [2.05, 4.69) is 0 Å². The molecule has 1 heterocycles. The molecule has 0 spiro atoms. The number of benzene rings is 1. The van der Waals surface area contributed by atoms with Crippen LogP contribution in [-0.2, 0) is 9.53 Å². The number of morpholine rings is 1. The number of hydrogen-bond acceptors (Lipinski definition) is 3. The maximum Gasteiger partial charge on any atom is 0.229 e. The summed E-state index contributed by atoms with van der Waals surface area (Å²) in [6.07, 6.45) is 0.503. The first kappa shape index (κ1) is 15.9. The third-order valence-electron chi connectivity index (χ3n) is 4.34. The fourth-order valence-corrected chi connectivity index (χ4v) is 2.48. The van der Waals surface area contributed by atoms with E-state index < -0.39 is 5.41 Å². The first-order valence-electron chi connectivity index (χ1n) is 7.36. The van der Waals surface area contributed by atoms with Gasteiger partial charge in [-0.25, -0.2) is 4.39 Å². The lowest BCUT2D eigenvalue weighted by atomic mass is 9.85. The third kappa shape index (κ3) is 3.41. The summed E-state index contributed by atoms with van der Waals surface area (Å²) in [6.45, 7) is 5.76. The van der Waals surface area contributed by atoms with E-state index in [0.29, 0.717) is 32.7 Å². The van der Waals surface area contributed by atoms with Gasteiger partial charge in [-0.1, -0.05) is 19.1 Å². The Morgan fingerprint density at radius 2 is 2.14 bits per heavy atom. The summed E-state index contributed by atoms with van der Waals surface area (Å²) >= 11 is 0. The van der Waals surface area contributed by atoms with Crippen molar-refractivity contribution in [2.24, 2.45) is 11.1 Å². The van der Waals surface area contributed by atoms with Gasteiger partial charge in [0.2, 0.25) is 5.91 Å². The third-order valence-corrected chi connectivity index (χ3v) is 4.34. The van der Waals surface area contributed by atoms with Gasteiger partial charge in [0.25, 0.3) is 0 Å². The molecule has 0 bridgehead atoms. The van der Waals surface area contributed by atoms with Crippen LogP contribution in [0.4, 0.5) is 4.39 Å². The van der Waals surface area contributed by atoms with E-state index in [1.165, 1.54) is 12.1 Å². The van der Waals surface area contributed by atoms with Crippen molar-refractivity contribution < 1.29 is 13.9 Å². The van der Waals surface area contributed by atoms with Crippen LogP contribution >= 0.6 is 0 Å². The molecular formula is C16H23FN2O2. The van der Waals surface area contributed by atoms with Crippen molar-refractivity contribution >= 4 is 5.91 Å². The van der Waals surface area contributed by atoms with Crippen molar-refractivity contribution in [3.63, 3.8) is 0 Å². The van der Waals surface area contributed by atoms with Gasteiger partial charge in [0.1, 0.15) is 11.9 Å². The van der Waals surface area contributed by atoms with Gasteiger partial charge in [-0.2, -0.15) is 0 Å². The van der Waals surface area contributed by atoms with E-state index in [1.54, 1.807) is 12.1 Å². The van der Waals surface area contributed by atoms with Gasteiger partial charge in [-0.3, -0.25) is 4.79 Å². The molecule has 2 rings (SSSR count). The molecule has 1 amide bonds. The second-order valence-electron chi connectivity index (χ2n) is 5.78. The fourth-order valence-electron chi connectivity index (χ4n) is 2.48. The fraction of sp³-hybridized carbons (Fsp3) is 0.562. The largest absolute Gasteiger partial charge is 0.370 e. The van der Waals surface area contributed by atoms with Crippen LogP contribution in [0.25, 0.3) is 0 Å². The van der Waals surface area contributed by atoms with Gasteiger partial charge < -0.3 is 15.4 Å². The predicted octanol–water partition coefficient (Wildman–Crippen LogP) is 2.10. The van der Waals surface area contributed by atoms with Crippen LogP contribution in [0, 0.1) is 11.2 Å². The van der Waals surface area contributed by atoms with Crippen LogP contribution in [-0.4, -0.2) is 37.0 Å². The van der Waals surface area contributed by atoms with Gasteiger partial charge in [0.05, 0.1) is 18.6 Å². The highest BCUT2D eigenvalue weighted by molar-refractivity contribution is 5.82. The molecule has 0 aliphatic carbocycles. The number of hydrogen-bond donors (Lipinski definition) is 1. The molecule has 1 aliphatic rings. The number of amides is 1. The minimum atomic E-state index is -0.523. The Kier molecular flexibility index (Phi) is 4.96. The summed E-state index contributed by atoms with van der Waals surface area (Å²) in [7, 11) is 0. The molecule has 2 atom stereocenters. The number of nitrogens with two attached hydrogens (primary N) is 1. The highest BCUT2D eigenvalue weighted by Gasteiger charge is 2.36. The zero-order valence-corrected chi connectivity index (χ0v) is 12.6. The summed E-state index contributed by atoms with van der Waals surface area (Å²) in [6, 6.07) is 6.23. The molecule has 0 saturated carbocycles. The quantitative estimate of drug-likeness (QED) is 0.925. The van der Waals surface area contributed by atoms with Crippen LogP contribution in [0.15, 0.2) is 24.3 Å². The van der Waals surface area contributed by atoms with Crippen molar-refractivity contribution in [3.05, 3.63) is 35.6 Å². The first-order valence-corrected chi connectivity index (χ1v) is 7.36. The summed E-state index contributed by atoms with van der Waals surface area (Å²) in [4.78, 5) is 14.5. The van der Waals surface area contributed by atoms with E-state index in [0.717, 1.165) is 5.56 Å². The van der Waals surface area contributed by atoms with Gasteiger partial charge in [-0.15, -0.1) is 0 Å². The number of nitrogens with zero attached hydrogens (tertiary/aromatic N) is 1. The maximum absolute atomic E-state index is 13.0. The van der Waals surface area contributed by atoms with E-state index >= 15 is 0 Å². The van der Waals surface area contributed by atoms with Crippen LogP contribution in [0.2, 0.25) is 0 Å². The normalized spacial score (nSPS) is 21.9. The van der Waals surface area contributed by atoms with Crippen molar-refractivity contribution in [1.29, 1.82) is 0 Å². The van der Waals surface area contributed by atoms with Crippen LogP contribution in [0.3, 0.4) is 0 Å².